The molecule has 3 heteroatoms. The van der Waals surface area contributed by atoms with E-state index in [1.54, 1.807) is 0 Å². The Morgan fingerprint density at radius 2 is 2.07 bits per heavy atom. The summed E-state index contributed by atoms with van der Waals surface area (Å²) in [4.78, 5) is 13.9. The van der Waals surface area contributed by atoms with Crippen molar-refractivity contribution in [1.29, 1.82) is 0 Å². The van der Waals surface area contributed by atoms with E-state index >= 15 is 0 Å². The van der Waals surface area contributed by atoms with E-state index in [0.717, 1.165) is 13.0 Å². The minimum Gasteiger partial charge on any atom is -0.350 e. The highest BCUT2D eigenvalue weighted by Gasteiger charge is 2.50. The second-order valence-corrected chi connectivity index (χ2v) is 6.49. The van der Waals surface area contributed by atoms with Gasteiger partial charge in [-0.3, -0.25) is 4.79 Å². The number of carbonyl (C=O) groups is 1. The largest absolute Gasteiger partial charge is 0.350 e. The molecular weight excluding hydrogens is 188 g/mol. The molecular formula is C12H23N2O+. The average Bonchev–Trinajstić information content (AvgIpc) is 2.33. The summed E-state index contributed by atoms with van der Waals surface area (Å²) in [6.45, 7) is 8.35. The second-order valence-electron chi connectivity index (χ2n) is 6.49. The van der Waals surface area contributed by atoms with Crippen molar-refractivity contribution in [1.82, 2.24) is 4.90 Å². The van der Waals surface area contributed by atoms with Crippen LogP contribution in [0, 0.1) is 10.8 Å². The van der Waals surface area contributed by atoms with E-state index in [9.17, 15) is 4.79 Å². The number of nitrogens with zero attached hydrogens (tertiary/aromatic N) is 1. The third-order valence-corrected chi connectivity index (χ3v) is 3.95. The van der Waals surface area contributed by atoms with Crippen LogP contribution in [0.3, 0.4) is 0 Å². The second kappa shape index (κ2) is 3.21. The Hall–Kier alpha value is -0.570. The Morgan fingerprint density at radius 1 is 1.40 bits per heavy atom. The van der Waals surface area contributed by atoms with Crippen molar-refractivity contribution in [2.24, 2.45) is 10.8 Å². The highest BCUT2D eigenvalue weighted by atomic mass is 16.2. The molecule has 1 amide bonds. The van der Waals surface area contributed by atoms with Gasteiger partial charge in [-0.15, -0.1) is 0 Å². The third-order valence-electron chi connectivity index (χ3n) is 3.95. The number of carbonyl (C=O) groups excluding carboxylic acids is 1. The molecule has 2 fully saturated rings. The minimum absolute atomic E-state index is 0.237. The van der Waals surface area contributed by atoms with Gasteiger partial charge in [0.25, 0.3) is 5.91 Å². The molecule has 2 bridgehead atoms. The van der Waals surface area contributed by atoms with Crippen molar-refractivity contribution in [2.75, 3.05) is 13.1 Å². The van der Waals surface area contributed by atoms with E-state index in [0.29, 0.717) is 23.4 Å². The molecule has 1 saturated heterocycles. The maximum absolute atomic E-state index is 11.8. The van der Waals surface area contributed by atoms with Gasteiger partial charge in [0, 0.05) is 12.6 Å². The first-order chi connectivity index (χ1) is 6.85. The molecule has 0 aromatic carbocycles. The first kappa shape index (κ1) is 10.9. The molecule has 0 aromatic rings. The summed E-state index contributed by atoms with van der Waals surface area (Å²) in [7, 11) is 0. The van der Waals surface area contributed by atoms with E-state index in [4.69, 9.17) is 0 Å². The smallest absolute Gasteiger partial charge is 0.277 e. The summed E-state index contributed by atoms with van der Waals surface area (Å²) >= 11 is 0. The van der Waals surface area contributed by atoms with Crippen LogP contribution in [0.1, 0.15) is 40.0 Å². The first-order valence-corrected chi connectivity index (χ1v) is 5.94. The van der Waals surface area contributed by atoms with E-state index in [1.165, 1.54) is 12.8 Å². The fourth-order valence-corrected chi connectivity index (χ4v) is 3.90. The molecule has 15 heavy (non-hydrogen) atoms. The van der Waals surface area contributed by atoms with Gasteiger partial charge < -0.3 is 10.6 Å². The van der Waals surface area contributed by atoms with Gasteiger partial charge in [-0.2, -0.15) is 0 Å². The molecule has 3 N–H and O–H groups in total. The standard InChI is InChI=1S/C12H22N2O/c1-11(2)4-9-5-12(3,7-11)8-14(9)10(15)6-13/h9H,4-8,13H2,1-3H3/p+1/t9-,12-/m0/s1. The Labute approximate surface area is 92.0 Å². The quantitative estimate of drug-likeness (QED) is 0.680. The van der Waals surface area contributed by atoms with Crippen molar-refractivity contribution >= 4 is 5.91 Å². The van der Waals surface area contributed by atoms with Gasteiger partial charge in [0.1, 0.15) is 0 Å². The summed E-state index contributed by atoms with van der Waals surface area (Å²) < 4.78 is 0. The summed E-state index contributed by atoms with van der Waals surface area (Å²) in [6, 6.07) is 0.480. The molecule has 1 aliphatic heterocycles. The van der Waals surface area contributed by atoms with E-state index in [-0.39, 0.29) is 5.91 Å². The van der Waals surface area contributed by atoms with Crippen molar-refractivity contribution < 1.29 is 10.5 Å². The molecule has 86 valence electrons. The number of likely N-dealkylation sites (tertiary alicyclic amines) is 1. The molecule has 0 spiro atoms. The maximum atomic E-state index is 11.8. The number of rotatable bonds is 1. The number of hydrogen-bond acceptors (Lipinski definition) is 1. The van der Waals surface area contributed by atoms with E-state index < -0.39 is 0 Å². The van der Waals surface area contributed by atoms with Gasteiger partial charge in [0.05, 0.1) is 0 Å². The van der Waals surface area contributed by atoms with Gasteiger partial charge in [-0.1, -0.05) is 20.8 Å². The normalized spacial score (nSPS) is 38.1. The van der Waals surface area contributed by atoms with Crippen LogP contribution in [-0.4, -0.2) is 29.9 Å². The lowest BCUT2D eigenvalue weighted by molar-refractivity contribution is -0.357. The maximum Gasteiger partial charge on any atom is 0.277 e. The van der Waals surface area contributed by atoms with Crippen LogP contribution in [0.15, 0.2) is 0 Å². The fourth-order valence-electron chi connectivity index (χ4n) is 3.90. The van der Waals surface area contributed by atoms with Gasteiger partial charge in [-0.05, 0) is 30.1 Å². The van der Waals surface area contributed by atoms with Crippen molar-refractivity contribution in [2.45, 2.75) is 46.1 Å². The zero-order chi connectivity index (χ0) is 11.3. The Morgan fingerprint density at radius 3 is 2.67 bits per heavy atom. The fraction of sp³-hybridized carbons (Fsp3) is 0.917. The lowest BCUT2D eigenvalue weighted by Crippen LogP contribution is -2.58. The Bertz CT molecular complexity index is 287. The first-order valence-electron chi connectivity index (χ1n) is 5.94. The molecule has 0 radical (unpaired) electrons. The summed E-state index contributed by atoms with van der Waals surface area (Å²) in [6.07, 6.45) is 3.61. The zero-order valence-electron chi connectivity index (χ0n) is 10.2. The van der Waals surface area contributed by atoms with E-state index in [1.807, 2.05) is 0 Å². The van der Waals surface area contributed by atoms with Crippen LogP contribution < -0.4 is 5.73 Å². The van der Waals surface area contributed by atoms with Crippen LogP contribution in [0.2, 0.25) is 0 Å². The Kier molecular flexibility index (Phi) is 2.34. The van der Waals surface area contributed by atoms with Gasteiger partial charge in [-0.25, -0.2) is 0 Å². The lowest BCUT2D eigenvalue weighted by atomic mass is 9.65. The van der Waals surface area contributed by atoms with Crippen molar-refractivity contribution in [3.05, 3.63) is 0 Å². The zero-order valence-corrected chi connectivity index (χ0v) is 10.2. The highest BCUT2D eigenvalue weighted by Crippen LogP contribution is 2.52. The summed E-state index contributed by atoms with van der Waals surface area (Å²) in [5, 5.41) is 0. The topological polar surface area (TPSA) is 48.0 Å². The van der Waals surface area contributed by atoms with Crippen LogP contribution >= 0.6 is 0 Å². The Balaban J connectivity index is 2.20. The molecule has 2 rings (SSSR count). The van der Waals surface area contributed by atoms with Gasteiger partial charge in [0.15, 0.2) is 6.54 Å². The molecule has 1 heterocycles. The summed E-state index contributed by atoms with van der Waals surface area (Å²) in [5.74, 6) is 0.237. The summed E-state index contributed by atoms with van der Waals surface area (Å²) in [5.41, 5.74) is 4.47. The van der Waals surface area contributed by atoms with Crippen LogP contribution in [0.5, 0.6) is 0 Å². The highest BCUT2D eigenvalue weighted by molar-refractivity contribution is 5.77. The number of quaternary nitrogens is 1. The van der Waals surface area contributed by atoms with Crippen LogP contribution in [0.25, 0.3) is 0 Å². The SMILES string of the molecule is CC1(C)C[C@H]2C[C@](C)(CN2C(=O)C[NH3+])C1. The average molecular weight is 211 g/mol. The number of amides is 1. The molecule has 3 nitrogen and oxygen atoms in total. The molecule has 0 aromatic heterocycles. The number of hydrogen-bond donors (Lipinski definition) is 1. The van der Waals surface area contributed by atoms with Crippen LogP contribution in [0.4, 0.5) is 0 Å². The van der Waals surface area contributed by atoms with Crippen LogP contribution in [-0.2, 0) is 4.79 Å². The third kappa shape index (κ3) is 1.89. The molecule has 2 aliphatic rings. The lowest BCUT2D eigenvalue weighted by Gasteiger charge is -2.39. The molecule has 2 atom stereocenters. The van der Waals surface area contributed by atoms with Crippen molar-refractivity contribution in [3.63, 3.8) is 0 Å². The molecule has 0 unspecified atom stereocenters. The molecule has 1 aliphatic carbocycles. The number of fused-ring (bicyclic) bond motifs is 2. The minimum atomic E-state index is 0.237. The predicted molar refractivity (Wildman–Crippen MR) is 59.0 cm³/mol. The molecule has 1 saturated carbocycles. The van der Waals surface area contributed by atoms with Gasteiger partial charge >= 0.3 is 0 Å². The monoisotopic (exact) mass is 211 g/mol. The van der Waals surface area contributed by atoms with Gasteiger partial charge in [0.2, 0.25) is 0 Å². The van der Waals surface area contributed by atoms with E-state index in [2.05, 4.69) is 31.4 Å². The predicted octanol–water partition coefficient (Wildman–Crippen LogP) is 0.656. The van der Waals surface area contributed by atoms with Crippen molar-refractivity contribution in [3.8, 4) is 0 Å².